The van der Waals surface area contributed by atoms with Crippen LogP contribution in [0.3, 0.4) is 0 Å². The molecule has 0 fully saturated rings. The van der Waals surface area contributed by atoms with E-state index < -0.39 is 27.5 Å². The third-order valence-corrected chi connectivity index (χ3v) is 6.02. The molecule has 4 nitrogen and oxygen atoms in total. The number of hydrogen-bond acceptors (Lipinski definition) is 3. The molecule has 26 heavy (non-hydrogen) atoms. The molecule has 0 aliphatic rings. The zero-order valence-corrected chi connectivity index (χ0v) is 16.0. The molecule has 0 saturated carbocycles. The molecule has 0 atom stereocenters. The number of hydrogen-bond donors (Lipinski definition) is 1. The van der Waals surface area contributed by atoms with E-state index in [0.717, 1.165) is 6.07 Å². The fraction of sp³-hybridized carbons (Fsp3) is 0.235. The standard InChI is InChI=1S/C17H15BrF3NO3S/c1-2-26(24,25)13-6-3-11(4-7-13)9-16(23)22-12-5-8-15(18)14(10-12)17(19,20)21/h3-8,10H,2,9H2,1H3,(H,22,23). The van der Waals surface area contributed by atoms with Crippen molar-refractivity contribution in [2.24, 2.45) is 0 Å². The number of alkyl halides is 3. The number of anilines is 1. The molecule has 2 aromatic carbocycles. The summed E-state index contributed by atoms with van der Waals surface area (Å²) in [5.74, 6) is -0.538. The highest BCUT2D eigenvalue weighted by atomic mass is 79.9. The first-order valence-corrected chi connectivity index (χ1v) is 9.96. The van der Waals surface area contributed by atoms with Crippen LogP contribution in [0.2, 0.25) is 0 Å². The van der Waals surface area contributed by atoms with Crippen molar-refractivity contribution in [1.82, 2.24) is 0 Å². The van der Waals surface area contributed by atoms with Gasteiger partial charge in [-0.1, -0.05) is 35.0 Å². The Morgan fingerprint density at radius 3 is 2.27 bits per heavy atom. The second-order valence-corrected chi connectivity index (χ2v) is 8.60. The van der Waals surface area contributed by atoms with Crippen LogP contribution < -0.4 is 5.32 Å². The highest BCUT2D eigenvalue weighted by Gasteiger charge is 2.33. The van der Waals surface area contributed by atoms with Crippen molar-refractivity contribution in [2.45, 2.75) is 24.4 Å². The molecule has 0 bridgehead atoms. The molecule has 1 N–H and O–H groups in total. The molecule has 0 aromatic heterocycles. The smallest absolute Gasteiger partial charge is 0.326 e. The number of amides is 1. The summed E-state index contributed by atoms with van der Waals surface area (Å²) in [5, 5.41) is 2.41. The van der Waals surface area contributed by atoms with Gasteiger partial charge in [0.1, 0.15) is 0 Å². The number of benzene rings is 2. The highest BCUT2D eigenvalue weighted by molar-refractivity contribution is 9.10. The van der Waals surface area contributed by atoms with Gasteiger partial charge in [0.25, 0.3) is 0 Å². The zero-order valence-electron chi connectivity index (χ0n) is 13.6. The van der Waals surface area contributed by atoms with Gasteiger partial charge in [-0.15, -0.1) is 0 Å². The van der Waals surface area contributed by atoms with E-state index in [4.69, 9.17) is 0 Å². The summed E-state index contributed by atoms with van der Waals surface area (Å²) >= 11 is 2.83. The van der Waals surface area contributed by atoms with Crippen LogP contribution in [0.1, 0.15) is 18.1 Å². The minimum atomic E-state index is -4.54. The lowest BCUT2D eigenvalue weighted by Gasteiger charge is -2.12. The molecule has 140 valence electrons. The molecule has 0 spiro atoms. The second-order valence-electron chi connectivity index (χ2n) is 5.46. The first-order valence-electron chi connectivity index (χ1n) is 7.51. The summed E-state index contributed by atoms with van der Waals surface area (Å²) < 4.78 is 62.0. The first-order chi connectivity index (χ1) is 12.0. The second kappa shape index (κ2) is 7.79. The van der Waals surface area contributed by atoms with Gasteiger partial charge in [0, 0.05) is 10.2 Å². The SMILES string of the molecule is CCS(=O)(=O)c1ccc(CC(=O)Nc2ccc(Br)c(C(F)(F)F)c2)cc1. The number of carbonyl (C=O) groups is 1. The van der Waals surface area contributed by atoms with Gasteiger partial charge in [-0.05, 0) is 35.9 Å². The molecule has 9 heteroatoms. The lowest BCUT2D eigenvalue weighted by atomic mass is 10.1. The Morgan fingerprint density at radius 2 is 1.73 bits per heavy atom. The molecular formula is C17H15BrF3NO3S. The lowest BCUT2D eigenvalue weighted by Crippen LogP contribution is -2.15. The number of rotatable bonds is 5. The number of nitrogens with one attached hydrogen (secondary N) is 1. The maximum Gasteiger partial charge on any atom is 0.417 e. The Hall–Kier alpha value is -1.87. The quantitative estimate of drug-likeness (QED) is 0.733. The van der Waals surface area contributed by atoms with Crippen LogP contribution >= 0.6 is 15.9 Å². The van der Waals surface area contributed by atoms with Crippen LogP contribution in [-0.2, 0) is 27.2 Å². The number of carbonyl (C=O) groups excluding carboxylic acids is 1. The molecular weight excluding hydrogens is 435 g/mol. The predicted octanol–water partition coefficient (Wildman–Crippen LogP) is 4.44. The van der Waals surface area contributed by atoms with E-state index in [2.05, 4.69) is 21.2 Å². The van der Waals surface area contributed by atoms with E-state index in [0.29, 0.717) is 5.56 Å². The summed E-state index contributed by atoms with van der Waals surface area (Å²) in [7, 11) is -3.33. The van der Waals surface area contributed by atoms with Crippen LogP contribution in [0, 0.1) is 0 Å². The van der Waals surface area contributed by atoms with Gasteiger partial charge in [0.15, 0.2) is 9.84 Å². The van der Waals surface area contributed by atoms with Crippen molar-refractivity contribution in [3.05, 3.63) is 58.1 Å². The Balaban J connectivity index is 2.10. The maximum atomic E-state index is 12.9. The molecule has 0 unspecified atom stereocenters. The van der Waals surface area contributed by atoms with E-state index in [1.54, 1.807) is 0 Å². The van der Waals surface area contributed by atoms with E-state index in [-0.39, 0.29) is 27.2 Å². The Morgan fingerprint density at radius 1 is 1.12 bits per heavy atom. The van der Waals surface area contributed by atoms with Gasteiger partial charge in [-0.3, -0.25) is 4.79 Å². The van der Waals surface area contributed by atoms with E-state index >= 15 is 0 Å². The molecule has 0 aliphatic carbocycles. The largest absolute Gasteiger partial charge is 0.417 e. The summed E-state index contributed by atoms with van der Waals surface area (Å²) in [6.45, 7) is 1.53. The summed E-state index contributed by atoms with van der Waals surface area (Å²) in [6, 6.07) is 9.23. The van der Waals surface area contributed by atoms with Gasteiger partial charge in [-0.2, -0.15) is 13.2 Å². The Kier molecular flexibility index (Phi) is 6.13. The molecule has 1 amide bonds. The summed E-state index contributed by atoms with van der Waals surface area (Å²) in [4.78, 5) is 12.2. The first kappa shape index (κ1) is 20.4. The van der Waals surface area contributed by atoms with Crippen molar-refractivity contribution in [3.8, 4) is 0 Å². The van der Waals surface area contributed by atoms with Gasteiger partial charge < -0.3 is 5.32 Å². The van der Waals surface area contributed by atoms with Crippen LogP contribution in [-0.4, -0.2) is 20.1 Å². The van der Waals surface area contributed by atoms with Crippen molar-refractivity contribution in [3.63, 3.8) is 0 Å². The average Bonchev–Trinajstić information content (AvgIpc) is 2.56. The van der Waals surface area contributed by atoms with Crippen LogP contribution in [0.15, 0.2) is 51.8 Å². The fourth-order valence-electron chi connectivity index (χ4n) is 2.19. The van der Waals surface area contributed by atoms with Gasteiger partial charge in [-0.25, -0.2) is 8.42 Å². The topological polar surface area (TPSA) is 63.2 Å². The fourth-order valence-corrected chi connectivity index (χ4v) is 3.55. The minimum absolute atomic E-state index is 0.0238. The normalized spacial score (nSPS) is 12.0. The van der Waals surface area contributed by atoms with E-state index in [9.17, 15) is 26.4 Å². The third-order valence-electron chi connectivity index (χ3n) is 3.58. The Labute approximate surface area is 157 Å². The third kappa shape index (κ3) is 5.07. The molecule has 0 radical (unpaired) electrons. The van der Waals surface area contributed by atoms with Crippen molar-refractivity contribution >= 4 is 37.4 Å². The predicted molar refractivity (Wildman–Crippen MR) is 95.6 cm³/mol. The monoisotopic (exact) mass is 449 g/mol. The van der Waals surface area contributed by atoms with Crippen molar-refractivity contribution in [1.29, 1.82) is 0 Å². The summed E-state index contributed by atoms with van der Waals surface area (Å²) in [5.41, 5.74) is -0.314. The van der Waals surface area contributed by atoms with Crippen molar-refractivity contribution < 1.29 is 26.4 Å². The maximum absolute atomic E-state index is 12.9. The minimum Gasteiger partial charge on any atom is -0.326 e. The van der Waals surface area contributed by atoms with Crippen LogP contribution in [0.25, 0.3) is 0 Å². The zero-order chi connectivity index (χ0) is 19.5. The molecule has 2 aromatic rings. The summed E-state index contributed by atoms with van der Waals surface area (Å²) in [6.07, 6.45) is -4.63. The highest BCUT2D eigenvalue weighted by Crippen LogP contribution is 2.36. The molecule has 2 rings (SSSR count). The van der Waals surface area contributed by atoms with Gasteiger partial charge in [0.2, 0.25) is 5.91 Å². The van der Waals surface area contributed by atoms with Crippen LogP contribution in [0.5, 0.6) is 0 Å². The van der Waals surface area contributed by atoms with E-state index in [1.807, 2.05) is 0 Å². The average molecular weight is 450 g/mol. The van der Waals surface area contributed by atoms with Gasteiger partial charge in [0.05, 0.1) is 22.6 Å². The van der Waals surface area contributed by atoms with Gasteiger partial charge >= 0.3 is 6.18 Å². The molecule has 0 heterocycles. The lowest BCUT2D eigenvalue weighted by molar-refractivity contribution is -0.138. The van der Waals surface area contributed by atoms with Crippen molar-refractivity contribution in [2.75, 3.05) is 11.1 Å². The number of sulfone groups is 1. The molecule has 0 saturated heterocycles. The Bertz CT molecular complexity index is 910. The van der Waals surface area contributed by atoms with E-state index in [1.165, 1.54) is 43.3 Å². The van der Waals surface area contributed by atoms with Crippen LogP contribution in [0.4, 0.5) is 18.9 Å². The molecule has 0 aliphatic heterocycles. The number of halogens is 4.